The summed E-state index contributed by atoms with van der Waals surface area (Å²) in [6, 6.07) is 4.07. The summed E-state index contributed by atoms with van der Waals surface area (Å²) in [5.74, 6) is 1.15. The molecule has 0 fully saturated rings. The van der Waals surface area contributed by atoms with Gasteiger partial charge < -0.3 is 20.1 Å². The summed E-state index contributed by atoms with van der Waals surface area (Å²) in [5, 5.41) is 13.7. The zero-order valence-electron chi connectivity index (χ0n) is 21.3. The predicted octanol–water partition coefficient (Wildman–Crippen LogP) is 6.08. The van der Waals surface area contributed by atoms with E-state index in [0.717, 1.165) is 34.6 Å². The van der Waals surface area contributed by atoms with Crippen LogP contribution in [0.3, 0.4) is 0 Å². The summed E-state index contributed by atoms with van der Waals surface area (Å²) in [7, 11) is 0. The molecule has 0 saturated heterocycles. The highest BCUT2D eigenvalue weighted by atomic mass is 16.5. The lowest BCUT2D eigenvalue weighted by Gasteiger charge is -2.28. The molecule has 0 aliphatic heterocycles. The highest BCUT2D eigenvalue weighted by molar-refractivity contribution is 5.67. The first-order chi connectivity index (χ1) is 14.6. The van der Waals surface area contributed by atoms with Crippen LogP contribution < -0.4 is 5.32 Å². The minimum absolute atomic E-state index is 0.138. The summed E-state index contributed by atoms with van der Waals surface area (Å²) < 4.78 is 5.23. The maximum atomic E-state index is 11.9. The third-order valence-corrected chi connectivity index (χ3v) is 5.38. The lowest BCUT2D eigenvalue weighted by molar-refractivity contribution is 0.131. The quantitative estimate of drug-likeness (QED) is 0.505. The minimum atomic E-state index is -0.399. The fourth-order valence-electron chi connectivity index (χ4n) is 3.35. The Labute approximate surface area is 193 Å². The summed E-state index contributed by atoms with van der Waals surface area (Å²) in [6.07, 6.45) is 2.80. The Morgan fingerprint density at radius 1 is 1.03 bits per heavy atom. The topological polar surface area (TPSA) is 87.2 Å². The van der Waals surface area contributed by atoms with Gasteiger partial charge in [0.1, 0.15) is 11.6 Å². The average Bonchev–Trinajstić information content (AvgIpc) is 3.07. The van der Waals surface area contributed by atoms with E-state index in [9.17, 15) is 9.90 Å². The van der Waals surface area contributed by atoms with Crippen LogP contribution >= 0.6 is 0 Å². The molecule has 6 heteroatoms. The number of aromatic amines is 1. The van der Waals surface area contributed by atoms with E-state index in [0.29, 0.717) is 25.3 Å². The van der Waals surface area contributed by atoms with Crippen molar-refractivity contribution in [1.29, 1.82) is 0 Å². The van der Waals surface area contributed by atoms with Gasteiger partial charge in [0.2, 0.25) is 0 Å². The van der Waals surface area contributed by atoms with Crippen LogP contribution in [0, 0.1) is 5.41 Å². The van der Waals surface area contributed by atoms with Crippen molar-refractivity contribution in [3.63, 3.8) is 0 Å². The van der Waals surface area contributed by atoms with Gasteiger partial charge in [0.25, 0.3) is 0 Å². The number of carbonyl (C=O) groups excluding carboxylic acids is 1. The normalized spacial score (nSPS) is 12.7. The van der Waals surface area contributed by atoms with Crippen LogP contribution in [0.4, 0.5) is 4.79 Å². The summed E-state index contributed by atoms with van der Waals surface area (Å²) in [5.41, 5.74) is 3.46. The van der Waals surface area contributed by atoms with Gasteiger partial charge in [-0.05, 0) is 34.8 Å². The van der Waals surface area contributed by atoms with E-state index >= 15 is 0 Å². The van der Waals surface area contributed by atoms with Gasteiger partial charge in [0.05, 0.1) is 18.5 Å². The van der Waals surface area contributed by atoms with Gasteiger partial charge in [0.15, 0.2) is 0 Å². The van der Waals surface area contributed by atoms with Gasteiger partial charge in [-0.3, -0.25) is 0 Å². The Balaban J connectivity index is 2.09. The van der Waals surface area contributed by atoms with E-state index in [1.54, 1.807) is 0 Å². The molecular formula is C26H41N3O3. The number of nitrogens with one attached hydrogen (secondary N) is 2. The minimum Gasteiger partial charge on any atom is -0.507 e. The number of aromatic hydroxyl groups is 1. The number of nitrogens with zero attached hydrogens (tertiary/aromatic N) is 1. The SMILES string of the molecule is CC(C)(C)CCOC(=O)NCCc1ncc(-c2cc(C(C)(C)C)c(O)c(C(C)(C)C)c2)[nH]1. The number of imidazole rings is 1. The van der Waals surface area contributed by atoms with Crippen molar-refractivity contribution >= 4 is 6.09 Å². The van der Waals surface area contributed by atoms with Gasteiger partial charge in [-0.15, -0.1) is 0 Å². The fraction of sp³-hybridized carbons (Fsp3) is 0.615. The Hall–Kier alpha value is -2.50. The van der Waals surface area contributed by atoms with Crippen molar-refractivity contribution < 1.29 is 14.6 Å². The monoisotopic (exact) mass is 443 g/mol. The molecule has 3 N–H and O–H groups in total. The summed E-state index contributed by atoms with van der Waals surface area (Å²) in [4.78, 5) is 19.7. The molecule has 0 bridgehead atoms. The molecule has 2 rings (SSSR count). The van der Waals surface area contributed by atoms with Crippen molar-refractivity contribution in [2.45, 2.75) is 86.0 Å². The molecule has 1 amide bonds. The van der Waals surface area contributed by atoms with E-state index in [1.807, 2.05) is 18.3 Å². The van der Waals surface area contributed by atoms with Gasteiger partial charge in [0, 0.05) is 29.7 Å². The molecule has 6 nitrogen and oxygen atoms in total. The number of aromatic nitrogens is 2. The highest BCUT2D eigenvalue weighted by Crippen LogP contribution is 2.41. The second kappa shape index (κ2) is 9.55. The van der Waals surface area contributed by atoms with E-state index < -0.39 is 6.09 Å². The van der Waals surface area contributed by atoms with E-state index in [2.05, 4.69) is 77.6 Å². The van der Waals surface area contributed by atoms with Crippen molar-refractivity contribution in [3.8, 4) is 17.0 Å². The first-order valence-corrected chi connectivity index (χ1v) is 11.4. The van der Waals surface area contributed by atoms with E-state index in [4.69, 9.17) is 4.74 Å². The first kappa shape index (κ1) is 25.8. The number of H-pyrrole nitrogens is 1. The standard InChI is InChI=1S/C26H41N3O3/c1-24(2,3)11-13-32-23(31)27-12-10-21-28-16-20(29-21)17-14-18(25(4,5)6)22(30)19(15-17)26(7,8)9/h14-16,30H,10-13H2,1-9H3,(H,27,31)(H,28,29). The number of hydrogen-bond donors (Lipinski definition) is 3. The molecule has 0 radical (unpaired) electrons. The van der Waals surface area contributed by atoms with Gasteiger partial charge in [-0.1, -0.05) is 62.3 Å². The molecule has 0 atom stereocenters. The zero-order valence-corrected chi connectivity index (χ0v) is 21.3. The van der Waals surface area contributed by atoms with Crippen LogP contribution in [0.1, 0.15) is 85.7 Å². The highest BCUT2D eigenvalue weighted by Gasteiger charge is 2.27. The molecule has 0 spiro atoms. The predicted molar refractivity (Wildman–Crippen MR) is 130 cm³/mol. The van der Waals surface area contributed by atoms with Gasteiger partial charge in [-0.2, -0.15) is 0 Å². The van der Waals surface area contributed by atoms with Crippen LogP contribution in [0.15, 0.2) is 18.3 Å². The van der Waals surface area contributed by atoms with Crippen LogP contribution in [-0.4, -0.2) is 34.3 Å². The van der Waals surface area contributed by atoms with Gasteiger partial charge in [-0.25, -0.2) is 9.78 Å². The Morgan fingerprint density at radius 3 is 2.09 bits per heavy atom. The van der Waals surface area contributed by atoms with Crippen molar-refractivity contribution in [2.75, 3.05) is 13.2 Å². The summed E-state index contributed by atoms with van der Waals surface area (Å²) in [6.45, 7) is 19.8. The smallest absolute Gasteiger partial charge is 0.407 e. The molecule has 32 heavy (non-hydrogen) atoms. The number of phenols is 1. The number of rotatable bonds is 6. The summed E-state index contributed by atoms with van der Waals surface area (Å²) >= 11 is 0. The van der Waals surface area contributed by atoms with E-state index in [1.165, 1.54) is 0 Å². The van der Waals surface area contributed by atoms with Crippen LogP contribution in [0.5, 0.6) is 5.75 Å². The van der Waals surface area contributed by atoms with Crippen molar-refractivity contribution in [3.05, 3.63) is 35.3 Å². The number of carbonyl (C=O) groups is 1. The Bertz CT molecular complexity index is 890. The van der Waals surface area contributed by atoms with Crippen molar-refractivity contribution in [2.24, 2.45) is 5.41 Å². The van der Waals surface area contributed by atoms with Crippen LogP contribution in [0.25, 0.3) is 11.3 Å². The third kappa shape index (κ3) is 7.28. The molecule has 1 aromatic carbocycles. The number of alkyl carbamates (subject to hydrolysis) is 1. The number of ether oxygens (including phenoxy) is 1. The average molecular weight is 444 g/mol. The maximum Gasteiger partial charge on any atom is 0.407 e. The number of benzene rings is 1. The molecule has 1 aromatic heterocycles. The molecule has 1 heterocycles. The molecule has 0 unspecified atom stereocenters. The number of hydrogen-bond acceptors (Lipinski definition) is 4. The first-order valence-electron chi connectivity index (χ1n) is 11.4. The molecule has 0 aliphatic rings. The lowest BCUT2D eigenvalue weighted by Crippen LogP contribution is -2.27. The molecule has 0 saturated carbocycles. The second-order valence-electron chi connectivity index (χ2n) is 11.8. The maximum absolute atomic E-state index is 11.9. The number of phenolic OH excluding ortho intramolecular Hbond substituents is 1. The Kier molecular flexibility index (Phi) is 7.69. The molecule has 0 aliphatic carbocycles. The van der Waals surface area contributed by atoms with E-state index in [-0.39, 0.29) is 16.2 Å². The third-order valence-electron chi connectivity index (χ3n) is 5.38. The lowest BCUT2D eigenvalue weighted by atomic mass is 9.78. The molecular weight excluding hydrogens is 402 g/mol. The number of amides is 1. The Morgan fingerprint density at radius 2 is 1.59 bits per heavy atom. The van der Waals surface area contributed by atoms with Gasteiger partial charge >= 0.3 is 6.09 Å². The molecule has 2 aromatic rings. The zero-order chi connectivity index (χ0) is 24.3. The van der Waals surface area contributed by atoms with Crippen molar-refractivity contribution in [1.82, 2.24) is 15.3 Å². The van der Waals surface area contributed by atoms with Crippen LogP contribution in [-0.2, 0) is 22.0 Å². The molecule has 178 valence electrons. The largest absolute Gasteiger partial charge is 0.507 e. The second-order valence-corrected chi connectivity index (χ2v) is 11.8. The fourth-order valence-corrected chi connectivity index (χ4v) is 3.35. The van der Waals surface area contributed by atoms with Crippen LogP contribution in [0.2, 0.25) is 0 Å².